The van der Waals surface area contributed by atoms with Gasteiger partial charge in [0.15, 0.2) is 0 Å². The predicted octanol–water partition coefficient (Wildman–Crippen LogP) is 5.11. The number of nitrogens with one attached hydrogen (secondary N) is 1. The fourth-order valence-electron chi connectivity index (χ4n) is 9.24. The van der Waals surface area contributed by atoms with Crippen LogP contribution in [0.25, 0.3) is 0 Å². The van der Waals surface area contributed by atoms with E-state index in [0.29, 0.717) is 11.3 Å². The van der Waals surface area contributed by atoms with E-state index < -0.39 is 5.60 Å². The van der Waals surface area contributed by atoms with Crippen LogP contribution in [0.2, 0.25) is 0 Å². The molecular weight excluding hydrogens is 372 g/mol. The summed E-state index contributed by atoms with van der Waals surface area (Å²) < 4.78 is 0. The van der Waals surface area contributed by atoms with Gasteiger partial charge in [0.05, 0.1) is 17.9 Å². The lowest BCUT2D eigenvalue weighted by molar-refractivity contribution is -0.144. The largest absolute Gasteiger partial charge is 0.393 e. The molecule has 5 rings (SSSR count). The molecule has 9 atom stereocenters. The minimum absolute atomic E-state index is 0.0605. The van der Waals surface area contributed by atoms with E-state index in [9.17, 15) is 10.2 Å². The topological polar surface area (TPSA) is 69.1 Å². The van der Waals surface area contributed by atoms with E-state index >= 15 is 0 Å². The number of aliphatic hydroxyl groups excluding tert-OH is 1. The molecule has 168 valence electrons. The van der Waals surface area contributed by atoms with Gasteiger partial charge in [0.2, 0.25) is 0 Å². The molecule has 0 spiro atoms. The lowest BCUT2D eigenvalue weighted by Crippen LogP contribution is -2.55. The first-order valence-corrected chi connectivity index (χ1v) is 12.6. The third kappa shape index (κ3) is 3.20. The summed E-state index contributed by atoms with van der Waals surface area (Å²) in [6.45, 7) is 7.20. The number of nitrogens with zero attached hydrogens (tertiary/aromatic N) is 1. The maximum Gasteiger partial charge on any atom is 0.0656 e. The van der Waals surface area contributed by atoms with Gasteiger partial charge in [-0.15, -0.1) is 0 Å². The van der Waals surface area contributed by atoms with Crippen LogP contribution in [-0.4, -0.2) is 32.1 Å². The zero-order valence-electron chi connectivity index (χ0n) is 19.2. The SMILES string of the molecule is C[C@]12CC[C@H]3[C@@H](CCC4C[C@@H](O)CC[C@@]43C)[C@@H]1CC[C@@H]2[C@](C)(O)CCc1cn[nH]c1. The van der Waals surface area contributed by atoms with Crippen molar-refractivity contribution in [2.45, 2.75) is 103 Å². The Morgan fingerprint density at radius 1 is 1.07 bits per heavy atom. The van der Waals surface area contributed by atoms with Crippen molar-refractivity contribution in [3.63, 3.8) is 0 Å². The van der Waals surface area contributed by atoms with E-state index in [0.717, 1.165) is 49.4 Å². The Hall–Kier alpha value is -0.870. The highest BCUT2D eigenvalue weighted by molar-refractivity contribution is 5.12. The van der Waals surface area contributed by atoms with Crippen LogP contribution in [0.1, 0.15) is 90.5 Å². The van der Waals surface area contributed by atoms with Crippen LogP contribution in [0, 0.1) is 40.4 Å². The third-order valence-corrected chi connectivity index (χ3v) is 10.9. The van der Waals surface area contributed by atoms with Crippen LogP contribution in [0.15, 0.2) is 12.4 Å². The van der Waals surface area contributed by atoms with Crippen LogP contribution < -0.4 is 0 Å². The molecule has 4 aliphatic rings. The number of aliphatic hydroxyl groups is 2. The third-order valence-electron chi connectivity index (χ3n) is 10.9. The van der Waals surface area contributed by atoms with Gasteiger partial charge in [-0.05, 0) is 124 Å². The number of aryl methyl sites for hydroxylation is 1. The molecule has 1 aromatic rings. The molecule has 4 aliphatic carbocycles. The summed E-state index contributed by atoms with van der Waals surface area (Å²) in [7, 11) is 0. The Morgan fingerprint density at radius 2 is 1.83 bits per heavy atom. The highest BCUT2D eigenvalue weighted by Gasteiger charge is 2.62. The van der Waals surface area contributed by atoms with Crippen molar-refractivity contribution < 1.29 is 10.2 Å². The van der Waals surface area contributed by atoms with E-state index in [-0.39, 0.29) is 11.5 Å². The van der Waals surface area contributed by atoms with Crippen LogP contribution in [0.5, 0.6) is 0 Å². The first-order valence-electron chi connectivity index (χ1n) is 12.6. The average molecular weight is 415 g/mol. The summed E-state index contributed by atoms with van der Waals surface area (Å²) in [6.07, 6.45) is 16.5. The molecule has 0 amide bonds. The van der Waals surface area contributed by atoms with Gasteiger partial charge in [0, 0.05) is 6.20 Å². The van der Waals surface area contributed by atoms with Gasteiger partial charge in [-0.3, -0.25) is 5.10 Å². The average Bonchev–Trinajstić information content (AvgIpc) is 3.34. The van der Waals surface area contributed by atoms with Gasteiger partial charge in [0.1, 0.15) is 0 Å². The van der Waals surface area contributed by atoms with Crippen molar-refractivity contribution in [1.82, 2.24) is 10.2 Å². The molecule has 4 heteroatoms. The number of hydrogen-bond acceptors (Lipinski definition) is 3. The van der Waals surface area contributed by atoms with Gasteiger partial charge in [-0.2, -0.15) is 5.10 Å². The second-order valence-corrected chi connectivity index (χ2v) is 12.2. The first-order chi connectivity index (χ1) is 14.2. The molecule has 1 unspecified atom stereocenters. The van der Waals surface area contributed by atoms with E-state index in [1.54, 1.807) is 0 Å². The maximum absolute atomic E-state index is 11.6. The summed E-state index contributed by atoms with van der Waals surface area (Å²) in [5, 5.41) is 28.8. The second kappa shape index (κ2) is 7.33. The molecule has 0 aromatic carbocycles. The standard InChI is InChI=1S/C26H42N2O2/c1-24-11-9-19(29)14-18(24)4-5-20-21-6-7-23(25(21,2)12-10-22(20)24)26(3,30)13-8-17-15-27-28-16-17/h15-16,18-23,29-30H,4-14H2,1-3H3,(H,27,28)/t18?,19-,20-,21-,22-,23-,24-,25-,26+/m0/s1. The van der Waals surface area contributed by atoms with E-state index in [4.69, 9.17) is 0 Å². The number of H-pyrrole nitrogens is 1. The molecular formula is C26H42N2O2. The summed E-state index contributed by atoms with van der Waals surface area (Å²) in [5.74, 6) is 3.56. The van der Waals surface area contributed by atoms with Crippen LogP contribution in [0.3, 0.4) is 0 Å². The molecule has 0 bridgehead atoms. The van der Waals surface area contributed by atoms with E-state index in [1.165, 1.54) is 50.5 Å². The Morgan fingerprint density at radius 3 is 2.60 bits per heavy atom. The van der Waals surface area contributed by atoms with Crippen molar-refractivity contribution in [3.05, 3.63) is 18.0 Å². The Bertz CT molecular complexity index is 746. The lowest BCUT2D eigenvalue weighted by atomic mass is 9.44. The summed E-state index contributed by atoms with van der Waals surface area (Å²) in [6, 6.07) is 0. The Labute approximate surface area is 182 Å². The van der Waals surface area contributed by atoms with Crippen molar-refractivity contribution in [2.24, 2.45) is 40.4 Å². The highest BCUT2D eigenvalue weighted by atomic mass is 16.3. The van der Waals surface area contributed by atoms with Crippen molar-refractivity contribution in [3.8, 4) is 0 Å². The molecule has 4 nitrogen and oxygen atoms in total. The number of aromatic amines is 1. The van der Waals surface area contributed by atoms with Crippen molar-refractivity contribution >= 4 is 0 Å². The van der Waals surface area contributed by atoms with Crippen molar-refractivity contribution in [2.75, 3.05) is 0 Å². The quantitative estimate of drug-likeness (QED) is 0.641. The van der Waals surface area contributed by atoms with Crippen LogP contribution in [0.4, 0.5) is 0 Å². The van der Waals surface area contributed by atoms with Gasteiger partial charge in [-0.25, -0.2) is 0 Å². The van der Waals surface area contributed by atoms with Gasteiger partial charge in [-0.1, -0.05) is 13.8 Å². The molecule has 30 heavy (non-hydrogen) atoms. The zero-order valence-corrected chi connectivity index (χ0v) is 19.2. The van der Waals surface area contributed by atoms with Gasteiger partial charge >= 0.3 is 0 Å². The number of rotatable bonds is 4. The highest BCUT2D eigenvalue weighted by Crippen LogP contribution is 2.68. The molecule has 3 N–H and O–H groups in total. The molecule has 0 saturated heterocycles. The predicted molar refractivity (Wildman–Crippen MR) is 119 cm³/mol. The molecule has 4 fully saturated rings. The molecule has 0 aliphatic heterocycles. The van der Waals surface area contributed by atoms with Crippen LogP contribution >= 0.6 is 0 Å². The zero-order chi connectivity index (χ0) is 21.1. The second-order valence-electron chi connectivity index (χ2n) is 12.2. The fraction of sp³-hybridized carbons (Fsp3) is 0.885. The molecule has 4 saturated carbocycles. The molecule has 0 radical (unpaired) electrons. The maximum atomic E-state index is 11.6. The minimum atomic E-state index is -0.607. The first kappa shape index (κ1) is 21.0. The summed E-state index contributed by atoms with van der Waals surface area (Å²) >= 11 is 0. The smallest absolute Gasteiger partial charge is 0.0656 e. The molecule has 1 aromatic heterocycles. The van der Waals surface area contributed by atoms with Gasteiger partial charge in [0.25, 0.3) is 0 Å². The number of hydrogen-bond donors (Lipinski definition) is 3. The van der Waals surface area contributed by atoms with Gasteiger partial charge < -0.3 is 10.2 Å². The van der Waals surface area contributed by atoms with E-state index in [2.05, 4.69) is 31.0 Å². The normalized spacial score (nSPS) is 47.8. The minimum Gasteiger partial charge on any atom is -0.393 e. The lowest BCUT2D eigenvalue weighted by Gasteiger charge is -2.61. The monoisotopic (exact) mass is 414 g/mol. The fourth-order valence-corrected chi connectivity index (χ4v) is 9.24. The van der Waals surface area contributed by atoms with Crippen molar-refractivity contribution in [1.29, 1.82) is 0 Å². The van der Waals surface area contributed by atoms with E-state index in [1.807, 2.05) is 12.4 Å². The number of fused-ring (bicyclic) bond motifs is 5. The number of aromatic nitrogens is 2. The Kier molecular flexibility index (Phi) is 5.13. The summed E-state index contributed by atoms with van der Waals surface area (Å²) in [4.78, 5) is 0. The Balaban J connectivity index is 1.34. The summed E-state index contributed by atoms with van der Waals surface area (Å²) in [5.41, 5.74) is 1.30. The van der Waals surface area contributed by atoms with Crippen LogP contribution in [-0.2, 0) is 6.42 Å². The molecule has 1 heterocycles.